The number of benzene rings is 1. The Balaban J connectivity index is 2.51. The molecule has 112 valence electrons. The normalized spacial score (nSPS) is 11.9. The van der Waals surface area contributed by atoms with E-state index in [0.29, 0.717) is 28.4 Å². The number of nitrogens with zero attached hydrogens (tertiary/aromatic N) is 1. The second-order valence-electron chi connectivity index (χ2n) is 4.65. The minimum Gasteiger partial charge on any atom is -0.496 e. The van der Waals surface area contributed by atoms with E-state index in [0.717, 1.165) is 5.56 Å². The van der Waals surface area contributed by atoms with Gasteiger partial charge in [0.1, 0.15) is 11.9 Å². The predicted octanol–water partition coefficient (Wildman–Crippen LogP) is 2.50. The molecule has 1 aromatic carbocycles. The molecule has 1 unspecified atom stereocenters. The molecule has 2 aromatic rings. The van der Waals surface area contributed by atoms with E-state index in [9.17, 15) is 5.11 Å². The summed E-state index contributed by atoms with van der Waals surface area (Å²) in [7, 11) is 4.65. The Kier molecular flexibility index (Phi) is 4.65. The zero-order chi connectivity index (χ0) is 15.4. The number of aromatic nitrogens is 1. The summed E-state index contributed by atoms with van der Waals surface area (Å²) in [4.78, 5) is 4.11. The lowest BCUT2D eigenvalue weighted by Gasteiger charge is -2.18. The van der Waals surface area contributed by atoms with Crippen LogP contribution in [-0.2, 0) is 0 Å². The van der Waals surface area contributed by atoms with Crippen LogP contribution in [0.3, 0.4) is 0 Å². The smallest absolute Gasteiger partial charge is 0.164 e. The molecule has 0 radical (unpaired) electrons. The third-order valence-corrected chi connectivity index (χ3v) is 3.24. The van der Waals surface area contributed by atoms with Gasteiger partial charge < -0.3 is 19.3 Å². The van der Waals surface area contributed by atoms with E-state index in [-0.39, 0.29) is 0 Å². The first-order valence-corrected chi connectivity index (χ1v) is 6.50. The van der Waals surface area contributed by atoms with Crippen molar-refractivity contribution in [2.75, 3.05) is 21.3 Å². The van der Waals surface area contributed by atoms with Crippen molar-refractivity contribution in [2.45, 2.75) is 13.0 Å². The highest BCUT2D eigenvalue weighted by Crippen LogP contribution is 2.39. The SMILES string of the molecule is COc1cc(OC)c(C(O)c2cncc(C)c2)cc1OC. The van der Waals surface area contributed by atoms with Crippen molar-refractivity contribution in [3.63, 3.8) is 0 Å². The fraction of sp³-hybridized carbons (Fsp3) is 0.312. The van der Waals surface area contributed by atoms with Gasteiger partial charge in [-0.2, -0.15) is 0 Å². The summed E-state index contributed by atoms with van der Waals surface area (Å²) < 4.78 is 15.9. The molecule has 2 rings (SSSR count). The fourth-order valence-electron chi connectivity index (χ4n) is 2.17. The second kappa shape index (κ2) is 6.45. The largest absolute Gasteiger partial charge is 0.496 e. The molecule has 0 fully saturated rings. The van der Waals surface area contributed by atoms with Gasteiger partial charge in [0, 0.05) is 29.6 Å². The molecule has 0 bridgehead atoms. The summed E-state index contributed by atoms with van der Waals surface area (Å²) >= 11 is 0. The molecule has 0 spiro atoms. The first-order chi connectivity index (χ1) is 10.1. The molecular formula is C16H19NO4. The van der Waals surface area contributed by atoms with Crippen LogP contribution >= 0.6 is 0 Å². The minimum atomic E-state index is -0.854. The van der Waals surface area contributed by atoms with Gasteiger partial charge >= 0.3 is 0 Å². The summed E-state index contributed by atoms with van der Waals surface area (Å²) in [6, 6.07) is 5.29. The van der Waals surface area contributed by atoms with Gasteiger partial charge in [0.2, 0.25) is 0 Å². The Hall–Kier alpha value is -2.27. The van der Waals surface area contributed by atoms with Crippen molar-refractivity contribution in [3.05, 3.63) is 47.3 Å². The van der Waals surface area contributed by atoms with Crippen LogP contribution in [-0.4, -0.2) is 31.4 Å². The number of hydrogen-bond acceptors (Lipinski definition) is 5. The average Bonchev–Trinajstić information content (AvgIpc) is 2.52. The van der Waals surface area contributed by atoms with Gasteiger partial charge in [0.25, 0.3) is 0 Å². The second-order valence-corrected chi connectivity index (χ2v) is 4.65. The summed E-state index contributed by atoms with van der Waals surface area (Å²) in [5, 5.41) is 10.6. The Morgan fingerprint density at radius 1 is 0.905 bits per heavy atom. The van der Waals surface area contributed by atoms with Crippen LogP contribution in [0.5, 0.6) is 17.2 Å². The Morgan fingerprint density at radius 2 is 1.52 bits per heavy atom. The van der Waals surface area contributed by atoms with E-state index in [1.54, 1.807) is 45.9 Å². The van der Waals surface area contributed by atoms with Crippen LogP contribution < -0.4 is 14.2 Å². The van der Waals surface area contributed by atoms with Crippen molar-refractivity contribution in [1.82, 2.24) is 4.98 Å². The molecule has 1 aromatic heterocycles. The Bertz CT molecular complexity index is 628. The summed E-state index contributed by atoms with van der Waals surface area (Å²) in [6.45, 7) is 1.93. The lowest BCUT2D eigenvalue weighted by atomic mass is 10.0. The van der Waals surface area contributed by atoms with E-state index in [2.05, 4.69) is 4.98 Å². The maximum atomic E-state index is 10.6. The number of aryl methyl sites for hydroxylation is 1. The van der Waals surface area contributed by atoms with Gasteiger partial charge in [-0.3, -0.25) is 4.98 Å². The molecular weight excluding hydrogens is 270 g/mol. The molecule has 1 N–H and O–H groups in total. The number of rotatable bonds is 5. The van der Waals surface area contributed by atoms with Crippen LogP contribution in [0.15, 0.2) is 30.6 Å². The number of hydrogen-bond donors (Lipinski definition) is 1. The highest BCUT2D eigenvalue weighted by molar-refractivity contribution is 5.53. The quantitative estimate of drug-likeness (QED) is 0.916. The highest BCUT2D eigenvalue weighted by Gasteiger charge is 2.20. The van der Waals surface area contributed by atoms with Gasteiger partial charge in [-0.1, -0.05) is 6.07 Å². The molecule has 0 saturated heterocycles. The molecule has 0 amide bonds. The molecule has 1 atom stereocenters. The topological polar surface area (TPSA) is 60.8 Å². The summed E-state index contributed by atoms with van der Waals surface area (Å²) in [6.07, 6.45) is 2.52. The minimum absolute atomic E-state index is 0.529. The van der Waals surface area contributed by atoms with Gasteiger partial charge in [-0.05, 0) is 18.6 Å². The maximum Gasteiger partial charge on any atom is 0.164 e. The molecule has 21 heavy (non-hydrogen) atoms. The van der Waals surface area contributed by atoms with E-state index >= 15 is 0 Å². The first-order valence-electron chi connectivity index (χ1n) is 6.50. The third kappa shape index (κ3) is 3.08. The first kappa shape index (κ1) is 15.1. The molecule has 1 heterocycles. The van der Waals surface area contributed by atoms with Gasteiger partial charge in [0.15, 0.2) is 11.5 Å². The van der Waals surface area contributed by atoms with Crippen molar-refractivity contribution < 1.29 is 19.3 Å². The molecule has 5 nitrogen and oxygen atoms in total. The molecule has 5 heteroatoms. The zero-order valence-electron chi connectivity index (χ0n) is 12.6. The number of pyridine rings is 1. The average molecular weight is 289 g/mol. The molecule has 0 aliphatic rings. The Labute approximate surface area is 124 Å². The number of methoxy groups -OCH3 is 3. The Morgan fingerprint density at radius 3 is 2.10 bits per heavy atom. The fourth-order valence-corrected chi connectivity index (χ4v) is 2.17. The van der Waals surface area contributed by atoms with Crippen LogP contribution in [0.25, 0.3) is 0 Å². The van der Waals surface area contributed by atoms with Crippen LogP contribution in [0.2, 0.25) is 0 Å². The van der Waals surface area contributed by atoms with Crippen LogP contribution in [0.1, 0.15) is 22.8 Å². The van der Waals surface area contributed by atoms with Crippen molar-refractivity contribution in [2.24, 2.45) is 0 Å². The van der Waals surface area contributed by atoms with Crippen LogP contribution in [0, 0.1) is 6.92 Å². The standard InChI is InChI=1S/C16H19NO4/c1-10-5-11(9-17-8-10)16(18)12-6-14(20-3)15(21-4)7-13(12)19-2/h5-9,16,18H,1-4H3. The van der Waals surface area contributed by atoms with E-state index in [1.165, 1.54) is 0 Å². The van der Waals surface area contributed by atoms with Crippen molar-refractivity contribution >= 4 is 0 Å². The van der Waals surface area contributed by atoms with Crippen molar-refractivity contribution in [3.8, 4) is 17.2 Å². The lowest BCUT2D eigenvalue weighted by molar-refractivity contribution is 0.213. The number of ether oxygens (including phenoxy) is 3. The molecule has 0 saturated carbocycles. The lowest BCUT2D eigenvalue weighted by Crippen LogP contribution is -2.05. The number of aliphatic hydroxyl groups is 1. The van der Waals surface area contributed by atoms with Gasteiger partial charge in [-0.15, -0.1) is 0 Å². The monoisotopic (exact) mass is 289 g/mol. The highest BCUT2D eigenvalue weighted by atomic mass is 16.5. The predicted molar refractivity (Wildman–Crippen MR) is 79.1 cm³/mol. The number of aliphatic hydroxyl groups excluding tert-OH is 1. The zero-order valence-corrected chi connectivity index (χ0v) is 12.6. The van der Waals surface area contributed by atoms with Gasteiger partial charge in [0.05, 0.1) is 21.3 Å². The molecule has 0 aliphatic carbocycles. The van der Waals surface area contributed by atoms with E-state index in [1.807, 2.05) is 13.0 Å². The van der Waals surface area contributed by atoms with E-state index < -0.39 is 6.10 Å². The third-order valence-electron chi connectivity index (χ3n) is 3.24. The maximum absolute atomic E-state index is 10.6. The van der Waals surface area contributed by atoms with Gasteiger partial charge in [-0.25, -0.2) is 0 Å². The van der Waals surface area contributed by atoms with Crippen LogP contribution in [0.4, 0.5) is 0 Å². The summed E-state index contributed by atoms with van der Waals surface area (Å²) in [5.74, 6) is 1.61. The van der Waals surface area contributed by atoms with Crippen molar-refractivity contribution in [1.29, 1.82) is 0 Å². The summed E-state index contributed by atoms with van der Waals surface area (Å²) in [5.41, 5.74) is 2.27. The van der Waals surface area contributed by atoms with E-state index in [4.69, 9.17) is 14.2 Å². The molecule has 0 aliphatic heterocycles.